The normalized spacial score (nSPS) is 10.7. The third-order valence-electron chi connectivity index (χ3n) is 2.91. The van der Waals surface area contributed by atoms with Crippen molar-refractivity contribution in [3.05, 3.63) is 65.0 Å². The highest BCUT2D eigenvalue weighted by Gasteiger charge is 2.03. The van der Waals surface area contributed by atoms with Crippen LogP contribution in [0.5, 0.6) is 0 Å². The zero-order valence-corrected chi connectivity index (χ0v) is 12.2. The number of hydrogen-bond acceptors (Lipinski definition) is 4. The van der Waals surface area contributed by atoms with Gasteiger partial charge in [0.25, 0.3) is 0 Å². The van der Waals surface area contributed by atoms with Gasteiger partial charge in [-0.15, -0.1) is 0 Å². The molecule has 2 aromatic heterocycles. The van der Waals surface area contributed by atoms with Gasteiger partial charge < -0.3 is 9.73 Å². The van der Waals surface area contributed by atoms with E-state index in [0.717, 1.165) is 22.5 Å². The third-order valence-corrected chi connectivity index (χ3v) is 3.62. The summed E-state index contributed by atoms with van der Waals surface area (Å²) in [5.74, 6) is 0.886. The number of anilines is 1. The molecular formula is C14H13BrN4O. The molecule has 2 heterocycles. The van der Waals surface area contributed by atoms with Gasteiger partial charge >= 0.3 is 0 Å². The second-order valence-corrected chi connectivity index (χ2v) is 5.19. The van der Waals surface area contributed by atoms with E-state index in [0.29, 0.717) is 6.54 Å². The molecule has 1 N–H and O–H groups in total. The summed E-state index contributed by atoms with van der Waals surface area (Å²) in [6.45, 7) is 1.38. The first-order chi connectivity index (χ1) is 9.81. The topological polar surface area (TPSA) is 55.9 Å². The zero-order chi connectivity index (χ0) is 13.8. The Hall–Kier alpha value is -2.08. The van der Waals surface area contributed by atoms with Crippen molar-refractivity contribution in [1.82, 2.24) is 14.8 Å². The summed E-state index contributed by atoms with van der Waals surface area (Å²) >= 11 is 3.44. The smallest absolute Gasteiger partial charge is 0.137 e. The molecule has 6 heteroatoms. The highest BCUT2D eigenvalue weighted by atomic mass is 79.9. The number of aromatic nitrogens is 3. The highest BCUT2D eigenvalue weighted by molar-refractivity contribution is 9.10. The number of hydrogen-bond donors (Lipinski definition) is 1. The molecule has 0 atom stereocenters. The number of rotatable bonds is 5. The van der Waals surface area contributed by atoms with Gasteiger partial charge in [0, 0.05) is 5.69 Å². The van der Waals surface area contributed by atoms with Crippen LogP contribution in [0.25, 0.3) is 0 Å². The molecule has 0 fully saturated rings. The lowest BCUT2D eigenvalue weighted by atomic mass is 10.2. The Balaban J connectivity index is 1.60. The van der Waals surface area contributed by atoms with Gasteiger partial charge in [-0.2, -0.15) is 5.10 Å². The van der Waals surface area contributed by atoms with Crippen LogP contribution >= 0.6 is 15.9 Å². The lowest BCUT2D eigenvalue weighted by molar-refractivity contribution is 0.516. The Kier molecular flexibility index (Phi) is 3.83. The molecule has 0 unspecified atom stereocenters. The van der Waals surface area contributed by atoms with Crippen molar-refractivity contribution >= 4 is 21.6 Å². The van der Waals surface area contributed by atoms with E-state index in [-0.39, 0.29) is 0 Å². The average Bonchev–Trinajstić information content (AvgIpc) is 3.10. The van der Waals surface area contributed by atoms with Crippen molar-refractivity contribution in [1.29, 1.82) is 0 Å². The van der Waals surface area contributed by atoms with E-state index in [1.54, 1.807) is 17.3 Å². The molecule has 0 saturated heterocycles. The predicted octanol–water partition coefficient (Wildman–Crippen LogP) is 3.29. The second-order valence-electron chi connectivity index (χ2n) is 4.34. The standard InChI is InChI=1S/C14H13BrN4O/c15-13-5-6-20-14(13)7-17-12-3-1-11(2-4-12)8-19-10-16-9-18-19/h1-6,9-10,17H,7-8H2. The third kappa shape index (κ3) is 3.08. The van der Waals surface area contributed by atoms with E-state index >= 15 is 0 Å². The molecule has 20 heavy (non-hydrogen) atoms. The van der Waals surface area contributed by atoms with Gasteiger partial charge in [-0.05, 0) is 39.7 Å². The number of halogens is 1. The lowest BCUT2D eigenvalue weighted by Crippen LogP contribution is -2.01. The van der Waals surface area contributed by atoms with E-state index in [1.165, 1.54) is 11.9 Å². The molecule has 0 spiro atoms. The van der Waals surface area contributed by atoms with Crippen molar-refractivity contribution in [2.75, 3.05) is 5.32 Å². The van der Waals surface area contributed by atoms with Gasteiger partial charge in [-0.1, -0.05) is 12.1 Å². The van der Waals surface area contributed by atoms with Gasteiger partial charge in [0.1, 0.15) is 18.4 Å². The summed E-state index contributed by atoms with van der Waals surface area (Å²) in [6, 6.07) is 10.1. The van der Waals surface area contributed by atoms with Crippen molar-refractivity contribution < 1.29 is 4.42 Å². The van der Waals surface area contributed by atoms with E-state index in [9.17, 15) is 0 Å². The second kappa shape index (κ2) is 5.92. The molecule has 1 aromatic carbocycles. The van der Waals surface area contributed by atoms with Gasteiger partial charge in [0.15, 0.2) is 0 Å². The highest BCUT2D eigenvalue weighted by Crippen LogP contribution is 2.19. The van der Waals surface area contributed by atoms with Crippen molar-refractivity contribution in [3.8, 4) is 0 Å². The maximum Gasteiger partial charge on any atom is 0.137 e. The minimum atomic E-state index is 0.649. The minimum absolute atomic E-state index is 0.649. The Morgan fingerprint density at radius 2 is 2.05 bits per heavy atom. The molecule has 0 amide bonds. The van der Waals surface area contributed by atoms with Crippen molar-refractivity contribution in [2.45, 2.75) is 13.1 Å². The molecule has 0 bridgehead atoms. The monoisotopic (exact) mass is 332 g/mol. The van der Waals surface area contributed by atoms with Gasteiger partial charge in [-0.3, -0.25) is 0 Å². The van der Waals surface area contributed by atoms with Crippen LogP contribution in [0.15, 0.2) is 58.1 Å². The lowest BCUT2D eigenvalue weighted by Gasteiger charge is -2.06. The zero-order valence-electron chi connectivity index (χ0n) is 10.7. The SMILES string of the molecule is Brc1ccoc1CNc1ccc(Cn2cncn2)cc1. The fourth-order valence-corrected chi connectivity index (χ4v) is 2.20. The Labute approximate surface area is 124 Å². The van der Waals surface area contributed by atoms with Crippen LogP contribution in [0.1, 0.15) is 11.3 Å². The molecule has 0 aliphatic carbocycles. The largest absolute Gasteiger partial charge is 0.466 e. The average molecular weight is 333 g/mol. The number of nitrogens with zero attached hydrogens (tertiary/aromatic N) is 3. The Morgan fingerprint density at radius 1 is 1.20 bits per heavy atom. The molecular weight excluding hydrogens is 320 g/mol. The number of nitrogens with one attached hydrogen (secondary N) is 1. The fourth-order valence-electron chi connectivity index (χ4n) is 1.86. The molecule has 0 radical (unpaired) electrons. The van der Waals surface area contributed by atoms with E-state index < -0.39 is 0 Å². The van der Waals surface area contributed by atoms with Crippen LogP contribution in [-0.2, 0) is 13.1 Å². The summed E-state index contributed by atoms with van der Waals surface area (Å²) in [7, 11) is 0. The Bertz CT molecular complexity index is 661. The van der Waals surface area contributed by atoms with Gasteiger partial charge in [-0.25, -0.2) is 9.67 Å². The van der Waals surface area contributed by atoms with Crippen LogP contribution in [0.2, 0.25) is 0 Å². The van der Waals surface area contributed by atoms with Crippen LogP contribution < -0.4 is 5.32 Å². The molecule has 102 valence electrons. The number of furan rings is 1. The molecule has 5 nitrogen and oxygen atoms in total. The molecule has 0 saturated carbocycles. The summed E-state index contributed by atoms with van der Waals surface area (Å²) in [5, 5.41) is 7.40. The van der Waals surface area contributed by atoms with Crippen LogP contribution in [0, 0.1) is 0 Å². The summed E-state index contributed by atoms with van der Waals surface area (Å²) in [5.41, 5.74) is 2.23. The van der Waals surface area contributed by atoms with E-state index in [4.69, 9.17) is 4.42 Å². The fraction of sp³-hybridized carbons (Fsp3) is 0.143. The molecule has 3 aromatic rings. The van der Waals surface area contributed by atoms with E-state index in [1.807, 2.05) is 18.2 Å². The van der Waals surface area contributed by atoms with Crippen LogP contribution in [0.4, 0.5) is 5.69 Å². The predicted molar refractivity (Wildman–Crippen MR) is 79.3 cm³/mol. The molecule has 0 aliphatic heterocycles. The maximum absolute atomic E-state index is 5.35. The quantitative estimate of drug-likeness (QED) is 0.778. The van der Waals surface area contributed by atoms with Gasteiger partial charge in [0.2, 0.25) is 0 Å². The Morgan fingerprint density at radius 3 is 2.70 bits per heavy atom. The first-order valence-corrected chi connectivity index (χ1v) is 6.97. The summed E-state index contributed by atoms with van der Waals surface area (Å²) in [6.07, 6.45) is 4.92. The van der Waals surface area contributed by atoms with Crippen LogP contribution in [0.3, 0.4) is 0 Å². The van der Waals surface area contributed by atoms with E-state index in [2.05, 4.69) is 43.5 Å². The number of benzene rings is 1. The first kappa shape index (κ1) is 12.9. The maximum atomic E-state index is 5.35. The van der Waals surface area contributed by atoms with Crippen LogP contribution in [-0.4, -0.2) is 14.8 Å². The van der Waals surface area contributed by atoms with Crippen molar-refractivity contribution in [3.63, 3.8) is 0 Å². The summed E-state index contributed by atoms with van der Waals surface area (Å²) in [4.78, 5) is 3.93. The van der Waals surface area contributed by atoms with Crippen molar-refractivity contribution in [2.24, 2.45) is 0 Å². The van der Waals surface area contributed by atoms with Gasteiger partial charge in [0.05, 0.1) is 23.8 Å². The minimum Gasteiger partial charge on any atom is -0.466 e. The first-order valence-electron chi connectivity index (χ1n) is 6.18. The molecule has 0 aliphatic rings. The molecule has 3 rings (SSSR count). The summed E-state index contributed by atoms with van der Waals surface area (Å²) < 4.78 is 8.13.